The second-order valence-electron chi connectivity index (χ2n) is 7.07. The van der Waals surface area contributed by atoms with Gasteiger partial charge < -0.3 is 19.6 Å². The minimum absolute atomic E-state index is 0.626. The third-order valence-electron chi connectivity index (χ3n) is 4.71. The number of unbranched alkanes of at least 4 members (excludes halogenated alkanes) is 1. The molecular weight excluding hydrogens is 362 g/mol. The Bertz CT molecular complexity index is 1090. The van der Waals surface area contributed by atoms with Crippen molar-refractivity contribution in [3.8, 4) is 22.8 Å². The van der Waals surface area contributed by atoms with E-state index in [4.69, 9.17) is 20.2 Å². The fourth-order valence-corrected chi connectivity index (χ4v) is 3.17. The summed E-state index contributed by atoms with van der Waals surface area (Å²) in [6.07, 6.45) is 5.83. The summed E-state index contributed by atoms with van der Waals surface area (Å²) in [6.45, 7) is 3.37. The normalized spacial score (nSPS) is 10.9. The van der Waals surface area contributed by atoms with Crippen LogP contribution in [0, 0.1) is 6.92 Å². The van der Waals surface area contributed by atoms with Gasteiger partial charge in [0.05, 0.1) is 18.9 Å². The molecule has 4 rings (SSSR count). The molecule has 4 aromatic rings. The van der Waals surface area contributed by atoms with Crippen LogP contribution in [0.1, 0.15) is 18.4 Å². The van der Waals surface area contributed by atoms with Crippen molar-refractivity contribution < 1.29 is 9.47 Å². The number of aromatic nitrogens is 2. The minimum Gasteiger partial charge on any atom is -0.494 e. The Balaban J connectivity index is 1.33. The summed E-state index contributed by atoms with van der Waals surface area (Å²) >= 11 is 0. The first kappa shape index (κ1) is 18.9. The van der Waals surface area contributed by atoms with E-state index in [0.717, 1.165) is 46.9 Å². The summed E-state index contributed by atoms with van der Waals surface area (Å²) in [6, 6.07) is 19.8. The number of anilines is 1. The molecule has 0 aliphatic carbocycles. The van der Waals surface area contributed by atoms with Crippen LogP contribution >= 0.6 is 0 Å². The predicted molar refractivity (Wildman–Crippen MR) is 116 cm³/mol. The zero-order valence-corrected chi connectivity index (χ0v) is 16.5. The predicted octanol–water partition coefficient (Wildman–Crippen LogP) is 5.13. The third-order valence-corrected chi connectivity index (χ3v) is 4.71. The second-order valence-corrected chi connectivity index (χ2v) is 7.07. The van der Waals surface area contributed by atoms with Crippen LogP contribution in [0.4, 0.5) is 5.69 Å². The van der Waals surface area contributed by atoms with Gasteiger partial charge in [-0.15, -0.1) is 0 Å². The average molecular weight is 387 g/mol. The number of nitrogens with zero attached hydrogens (tertiary/aromatic N) is 2. The van der Waals surface area contributed by atoms with Gasteiger partial charge in [0.2, 0.25) is 0 Å². The van der Waals surface area contributed by atoms with Crippen LogP contribution in [0.15, 0.2) is 73.1 Å². The number of fused-ring (bicyclic) bond motifs is 1. The molecule has 0 atom stereocenters. The van der Waals surface area contributed by atoms with Gasteiger partial charge >= 0.3 is 0 Å². The summed E-state index contributed by atoms with van der Waals surface area (Å²) in [5.74, 6) is 1.71. The molecule has 0 saturated carbocycles. The SMILES string of the molecule is Cc1cccc(OCCCCOc2cccn3cc(-c4ccc(N)cc4)nc23)c1. The van der Waals surface area contributed by atoms with E-state index in [1.807, 2.05) is 71.4 Å². The highest BCUT2D eigenvalue weighted by Crippen LogP contribution is 2.25. The first-order valence-corrected chi connectivity index (χ1v) is 9.85. The van der Waals surface area contributed by atoms with Crippen LogP contribution in [0.3, 0.4) is 0 Å². The lowest BCUT2D eigenvalue weighted by atomic mass is 10.1. The zero-order valence-electron chi connectivity index (χ0n) is 16.5. The molecule has 29 heavy (non-hydrogen) atoms. The Kier molecular flexibility index (Phi) is 5.66. The topological polar surface area (TPSA) is 61.8 Å². The van der Waals surface area contributed by atoms with Gasteiger partial charge in [0.25, 0.3) is 0 Å². The standard InChI is InChI=1S/C24H25N3O2/c1-18-6-4-7-21(16-18)28-14-2-3-15-29-23-8-5-13-27-17-22(26-24(23)27)19-9-11-20(25)12-10-19/h4-13,16-17H,2-3,14-15,25H2,1H3. The summed E-state index contributed by atoms with van der Waals surface area (Å²) in [7, 11) is 0. The molecule has 0 spiro atoms. The largest absolute Gasteiger partial charge is 0.494 e. The fraction of sp³-hybridized carbons (Fsp3) is 0.208. The van der Waals surface area contributed by atoms with Crippen LogP contribution in [-0.2, 0) is 0 Å². The lowest BCUT2D eigenvalue weighted by Gasteiger charge is -2.08. The first-order chi connectivity index (χ1) is 14.2. The number of rotatable bonds is 8. The van der Waals surface area contributed by atoms with E-state index >= 15 is 0 Å². The smallest absolute Gasteiger partial charge is 0.180 e. The number of nitrogens with two attached hydrogens (primary N) is 1. The van der Waals surface area contributed by atoms with Gasteiger partial charge in [0, 0.05) is 23.6 Å². The van der Waals surface area contributed by atoms with Gasteiger partial charge in [-0.3, -0.25) is 0 Å². The zero-order chi connectivity index (χ0) is 20.1. The Morgan fingerprint density at radius 1 is 0.931 bits per heavy atom. The fourth-order valence-electron chi connectivity index (χ4n) is 3.17. The number of ether oxygens (including phenoxy) is 2. The summed E-state index contributed by atoms with van der Waals surface area (Å²) in [5.41, 5.74) is 10.5. The summed E-state index contributed by atoms with van der Waals surface area (Å²) in [5, 5.41) is 0. The number of pyridine rings is 1. The second kappa shape index (κ2) is 8.69. The van der Waals surface area contributed by atoms with E-state index in [1.165, 1.54) is 5.56 Å². The van der Waals surface area contributed by atoms with E-state index < -0.39 is 0 Å². The molecule has 148 valence electrons. The highest BCUT2D eigenvalue weighted by atomic mass is 16.5. The lowest BCUT2D eigenvalue weighted by Crippen LogP contribution is -2.03. The van der Waals surface area contributed by atoms with Gasteiger partial charge in [-0.1, -0.05) is 24.3 Å². The molecule has 2 aromatic heterocycles. The number of hydrogen-bond donors (Lipinski definition) is 1. The van der Waals surface area contributed by atoms with Crippen molar-refractivity contribution in [3.05, 3.63) is 78.6 Å². The molecule has 0 aliphatic heterocycles. The molecule has 0 bridgehead atoms. The molecule has 0 unspecified atom stereocenters. The molecule has 5 heteroatoms. The van der Waals surface area contributed by atoms with E-state index in [2.05, 4.69) is 13.0 Å². The first-order valence-electron chi connectivity index (χ1n) is 9.85. The molecule has 0 saturated heterocycles. The maximum absolute atomic E-state index is 6.00. The van der Waals surface area contributed by atoms with Crippen LogP contribution in [0.25, 0.3) is 16.9 Å². The number of aryl methyl sites for hydroxylation is 1. The quantitative estimate of drug-likeness (QED) is 0.336. The Labute approximate surface area is 170 Å². The van der Waals surface area contributed by atoms with Gasteiger partial charge in [-0.05, 0) is 61.7 Å². The Hall–Kier alpha value is -3.47. The highest BCUT2D eigenvalue weighted by molar-refractivity contribution is 5.67. The average Bonchev–Trinajstić information content (AvgIpc) is 3.16. The molecule has 0 amide bonds. The van der Waals surface area contributed by atoms with Crippen LogP contribution in [0.2, 0.25) is 0 Å². The molecule has 2 aromatic carbocycles. The van der Waals surface area contributed by atoms with Crippen molar-refractivity contribution >= 4 is 11.3 Å². The maximum atomic E-state index is 6.00. The van der Waals surface area contributed by atoms with Crippen molar-refractivity contribution in [1.29, 1.82) is 0 Å². The van der Waals surface area contributed by atoms with Gasteiger partial charge in [0.15, 0.2) is 11.4 Å². The maximum Gasteiger partial charge on any atom is 0.180 e. The number of nitrogen functional groups attached to an aromatic ring is 1. The molecule has 0 aliphatic rings. The number of benzene rings is 2. The summed E-state index contributed by atoms with van der Waals surface area (Å²) in [4.78, 5) is 4.75. The van der Waals surface area contributed by atoms with Crippen LogP contribution < -0.4 is 15.2 Å². The minimum atomic E-state index is 0.626. The Morgan fingerprint density at radius 2 is 1.72 bits per heavy atom. The van der Waals surface area contributed by atoms with Crippen molar-refractivity contribution in [2.75, 3.05) is 18.9 Å². The summed E-state index contributed by atoms with van der Waals surface area (Å²) < 4.78 is 13.8. The van der Waals surface area contributed by atoms with Crippen LogP contribution in [-0.4, -0.2) is 22.6 Å². The molecular formula is C24H25N3O2. The monoisotopic (exact) mass is 387 g/mol. The van der Waals surface area contributed by atoms with Crippen LogP contribution in [0.5, 0.6) is 11.5 Å². The van der Waals surface area contributed by atoms with Gasteiger partial charge in [-0.25, -0.2) is 4.98 Å². The van der Waals surface area contributed by atoms with Gasteiger partial charge in [0.1, 0.15) is 5.75 Å². The molecule has 2 heterocycles. The van der Waals surface area contributed by atoms with Crippen molar-refractivity contribution in [3.63, 3.8) is 0 Å². The van der Waals surface area contributed by atoms with Crippen molar-refractivity contribution in [2.45, 2.75) is 19.8 Å². The van der Waals surface area contributed by atoms with Crippen molar-refractivity contribution in [2.24, 2.45) is 0 Å². The van der Waals surface area contributed by atoms with Crippen molar-refractivity contribution in [1.82, 2.24) is 9.38 Å². The molecule has 0 radical (unpaired) electrons. The van der Waals surface area contributed by atoms with E-state index in [0.29, 0.717) is 13.2 Å². The Morgan fingerprint density at radius 3 is 2.52 bits per heavy atom. The van der Waals surface area contributed by atoms with E-state index in [9.17, 15) is 0 Å². The molecule has 5 nitrogen and oxygen atoms in total. The number of hydrogen-bond acceptors (Lipinski definition) is 4. The highest BCUT2D eigenvalue weighted by Gasteiger charge is 2.09. The third kappa shape index (κ3) is 4.69. The number of imidazole rings is 1. The van der Waals surface area contributed by atoms with Gasteiger partial charge in [-0.2, -0.15) is 0 Å². The van der Waals surface area contributed by atoms with E-state index in [-0.39, 0.29) is 0 Å². The van der Waals surface area contributed by atoms with E-state index in [1.54, 1.807) is 0 Å². The lowest BCUT2D eigenvalue weighted by molar-refractivity contribution is 0.267. The molecule has 2 N–H and O–H groups in total. The molecule has 0 fully saturated rings.